The lowest BCUT2D eigenvalue weighted by molar-refractivity contribution is -0.653. The molecule has 176 valence electrons. The lowest BCUT2D eigenvalue weighted by atomic mass is 9.94. The molecular formula is C26H30ClN6S+. The van der Waals surface area contributed by atoms with E-state index in [-0.39, 0.29) is 6.04 Å². The number of anilines is 1. The first-order valence-corrected chi connectivity index (χ1v) is 13.4. The van der Waals surface area contributed by atoms with Crippen LogP contribution in [0.1, 0.15) is 43.1 Å². The number of fused-ring (bicyclic) bond motifs is 3. The second kappa shape index (κ2) is 8.70. The van der Waals surface area contributed by atoms with Crippen LogP contribution in [-0.4, -0.2) is 34.1 Å². The van der Waals surface area contributed by atoms with E-state index in [1.54, 1.807) is 11.8 Å². The first-order chi connectivity index (χ1) is 16.5. The molecule has 0 unspecified atom stereocenters. The monoisotopic (exact) mass is 493 g/mol. The number of rotatable bonds is 4. The Bertz CT molecular complexity index is 1410. The van der Waals surface area contributed by atoms with E-state index >= 15 is 0 Å². The topological polar surface area (TPSA) is 74.7 Å². The van der Waals surface area contributed by atoms with Gasteiger partial charge in [-0.3, -0.25) is 0 Å². The largest absolute Gasteiger partial charge is 0.354 e. The molecule has 1 aromatic carbocycles. The number of H-pyrrole nitrogens is 1. The van der Waals surface area contributed by atoms with Crippen LogP contribution >= 0.6 is 23.4 Å². The minimum atomic E-state index is 0.163. The number of nitrogens with zero attached hydrogens (tertiary/aromatic N) is 4. The highest BCUT2D eigenvalue weighted by Crippen LogP contribution is 2.38. The summed E-state index contributed by atoms with van der Waals surface area (Å²) in [6.07, 6.45) is 6.69. The van der Waals surface area contributed by atoms with Crippen molar-refractivity contribution < 1.29 is 4.57 Å². The number of hydrogen-bond donors (Lipinski definition) is 2. The van der Waals surface area contributed by atoms with E-state index in [1.165, 1.54) is 41.4 Å². The number of benzene rings is 1. The molecule has 3 aromatic heterocycles. The van der Waals surface area contributed by atoms with Crippen molar-refractivity contribution in [2.45, 2.75) is 61.5 Å². The highest BCUT2D eigenvalue weighted by atomic mass is 35.5. The van der Waals surface area contributed by atoms with Gasteiger partial charge in [-0.1, -0.05) is 18.5 Å². The normalized spacial score (nSPS) is 18.2. The van der Waals surface area contributed by atoms with E-state index in [4.69, 9.17) is 27.3 Å². The van der Waals surface area contributed by atoms with Gasteiger partial charge in [-0.2, -0.15) is 4.57 Å². The van der Waals surface area contributed by atoms with E-state index in [9.17, 15) is 0 Å². The molecule has 3 N–H and O–H groups in total. The van der Waals surface area contributed by atoms with Crippen LogP contribution in [0.5, 0.6) is 0 Å². The zero-order valence-corrected chi connectivity index (χ0v) is 21.3. The number of aromatic nitrogens is 4. The number of aryl methyl sites for hydroxylation is 3. The Kier molecular flexibility index (Phi) is 5.66. The number of pyridine rings is 1. The van der Waals surface area contributed by atoms with Crippen LogP contribution in [0, 0.1) is 0 Å². The first-order valence-electron chi connectivity index (χ1n) is 12.2. The van der Waals surface area contributed by atoms with Crippen molar-refractivity contribution in [1.29, 1.82) is 0 Å². The fourth-order valence-corrected chi connectivity index (χ4v) is 6.60. The van der Waals surface area contributed by atoms with Crippen LogP contribution in [0.2, 0.25) is 5.02 Å². The van der Waals surface area contributed by atoms with Crippen molar-refractivity contribution in [2.24, 2.45) is 12.8 Å². The van der Waals surface area contributed by atoms with Gasteiger partial charge in [-0.05, 0) is 62.1 Å². The van der Waals surface area contributed by atoms with Crippen molar-refractivity contribution in [3.63, 3.8) is 0 Å². The number of nitrogens with two attached hydrogens (primary N) is 1. The fourth-order valence-electron chi connectivity index (χ4n) is 5.46. The maximum Gasteiger partial charge on any atom is 0.213 e. The highest BCUT2D eigenvalue weighted by molar-refractivity contribution is 7.99. The summed E-state index contributed by atoms with van der Waals surface area (Å²) < 4.78 is 2.38. The predicted molar refractivity (Wildman–Crippen MR) is 139 cm³/mol. The van der Waals surface area contributed by atoms with Gasteiger partial charge in [0.25, 0.3) is 0 Å². The van der Waals surface area contributed by atoms with Crippen LogP contribution in [0.4, 0.5) is 5.82 Å². The van der Waals surface area contributed by atoms with Gasteiger partial charge in [-0.25, -0.2) is 9.97 Å². The fraction of sp³-hybridized carbons (Fsp3) is 0.423. The lowest BCUT2D eigenvalue weighted by Gasteiger charge is -2.18. The molecule has 0 amide bonds. The molecule has 1 saturated heterocycles. The third-order valence-corrected chi connectivity index (χ3v) is 8.56. The molecule has 1 atom stereocenters. The number of nitrogens with one attached hydrogen (secondary N) is 1. The van der Waals surface area contributed by atoms with Crippen LogP contribution in [0.25, 0.3) is 21.9 Å². The van der Waals surface area contributed by atoms with E-state index in [1.807, 2.05) is 0 Å². The number of hydrogen-bond acceptors (Lipinski definition) is 5. The first kappa shape index (κ1) is 22.1. The van der Waals surface area contributed by atoms with E-state index < -0.39 is 0 Å². The summed E-state index contributed by atoms with van der Waals surface area (Å²) in [5, 5.41) is 3.66. The highest BCUT2D eigenvalue weighted by Gasteiger charge is 2.26. The Morgan fingerprint density at radius 3 is 2.88 bits per heavy atom. The Balaban J connectivity index is 1.42. The van der Waals surface area contributed by atoms with Gasteiger partial charge >= 0.3 is 0 Å². The van der Waals surface area contributed by atoms with Gasteiger partial charge in [0.15, 0.2) is 10.9 Å². The Labute approximate surface area is 208 Å². The summed E-state index contributed by atoms with van der Waals surface area (Å²) in [7, 11) is 2.20. The third-order valence-electron chi connectivity index (χ3n) is 7.29. The molecule has 1 aliphatic heterocycles. The molecule has 2 aliphatic rings. The number of aromatic amines is 1. The average Bonchev–Trinajstić information content (AvgIpc) is 3.42. The average molecular weight is 494 g/mol. The van der Waals surface area contributed by atoms with Crippen molar-refractivity contribution >= 4 is 51.1 Å². The van der Waals surface area contributed by atoms with Crippen LogP contribution in [0.3, 0.4) is 0 Å². The van der Waals surface area contributed by atoms with E-state index in [0.717, 1.165) is 70.0 Å². The smallest absolute Gasteiger partial charge is 0.213 e. The minimum Gasteiger partial charge on any atom is -0.354 e. The summed E-state index contributed by atoms with van der Waals surface area (Å²) >= 11 is 8.36. The van der Waals surface area contributed by atoms with E-state index in [2.05, 4.69) is 52.7 Å². The van der Waals surface area contributed by atoms with Gasteiger partial charge in [0.05, 0.1) is 10.4 Å². The molecule has 0 spiro atoms. The molecule has 1 fully saturated rings. The quantitative estimate of drug-likeness (QED) is 0.318. The second-order valence-corrected chi connectivity index (χ2v) is 10.9. The standard InChI is InChI=1S/C26H30ClN6S/c1-3-19-23(27)22-24(29-19)30-26(31-25(22)33-11-10-17(28)14-33)34-18-9-8-16-12-15-6-4-5-7-20(15)32(2)21(16)13-18/h8-9,12-13,17H,3-7,10-11,14,28H2,1-2H3,(H,29,30,31)/q+1/t17-/m0/s1. The van der Waals surface area contributed by atoms with Crippen molar-refractivity contribution in [3.05, 3.63) is 46.2 Å². The van der Waals surface area contributed by atoms with Crippen molar-refractivity contribution in [1.82, 2.24) is 15.0 Å². The SMILES string of the molecule is CCc1[nH]c2nc(Sc3ccc4cc5c([n+](C)c4c3)CCCC5)nc(N3CC[C@H](N)C3)c2c1Cl. The van der Waals surface area contributed by atoms with Crippen molar-refractivity contribution in [3.8, 4) is 0 Å². The van der Waals surface area contributed by atoms with Crippen LogP contribution < -0.4 is 15.2 Å². The maximum absolute atomic E-state index is 6.75. The van der Waals surface area contributed by atoms with E-state index in [0.29, 0.717) is 0 Å². The molecule has 4 aromatic rings. The summed E-state index contributed by atoms with van der Waals surface area (Å²) in [5.41, 5.74) is 12.3. The molecule has 34 heavy (non-hydrogen) atoms. The van der Waals surface area contributed by atoms with Gasteiger partial charge < -0.3 is 15.6 Å². The molecule has 8 heteroatoms. The molecule has 0 radical (unpaired) electrons. The Hall–Kier alpha value is -2.35. The summed E-state index contributed by atoms with van der Waals surface area (Å²) in [5.74, 6) is 0.891. The van der Waals surface area contributed by atoms with Gasteiger partial charge in [0.2, 0.25) is 5.52 Å². The molecule has 4 heterocycles. The summed E-state index contributed by atoms with van der Waals surface area (Å²) in [4.78, 5) is 16.7. The Morgan fingerprint density at radius 2 is 2.09 bits per heavy atom. The minimum absolute atomic E-state index is 0.163. The van der Waals surface area contributed by atoms with Crippen molar-refractivity contribution in [2.75, 3.05) is 18.0 Å². The lowest BCUT2D eigenvalue weighted by Crippen LogP contribution is -2.37. The maximum atomic E-state index is 6.75. The van der Waals surface area contributed by atoms with Crippen LogP contribution in [0.15, 0.2) is 34.3 Å². The molecule has 6 nitrogen and oxygen atoms in total. The Morgan fingerprint density at radius 1 is 1.24 bits per heavy atom. The second-order valence-electron chi connectivity index (χ2n) is 9.52. The number of halogens is 1. The third kappa shape index (κ3) is 3.74. The molecular weight excluding hydrogens is 464 g/mol. The van der Waals surface area contributed by atoms with Crippen LogP contribution in [-0.2, 0) is 26.3 Å². The summed E-state index contributed by atoms with van der Waals surface area (Å²) in [6.45, 7) is 3.77. The van der Waals surface area contributed by atoms with Gasteiger partial charge in [0, 0.05) is 53.2 Å². The van der Waals surface area contributed by atoms with Gasteiger partial charge in [-0.15, -0.1) is 0 Å². The molecule has 0 bridgehead atoms. The van der Waals surface area contributed by atoms with Gasteiger partial charge in [0.1, 0.15) is 18.5 Å². The molecule has 0 saturated carbocycles. The zero-order valence-electron chi connectivity index (χ0n) is 19.7. The zero-order chi connectivity index (χ0) is 23.4. The predicted octanol–water partition coefficient (Wildman–Crippen LogP) is 4.72. The molecule has 1 aliphatic carbocycles. The summed E-state index contributed by atoms with van der Waals surface area (Å²) in [6, 6.07) is 9.22. The molecule has 6 rings (SSSR count).